The lowest BCUT2D eigenvalue weighted by atomic mass is 10.0. The van der Waals surface area contributed by atoms with E-state index in [1.807, 2.05) is 30.3 Å². The Bertz CT molecular complexity index is 721. The second-order valence-electron chi connectivity index (χ2n) is 7.82. The van der Waals surface area contributed by atoms with Crippen molar-refractivity contribution >= 4 is 20.0 Å². The first-order valence-corrected chi connectivity index (χ1v) is 12.7. The number of rotatable bonds is 7. The van der Waals surface area contributed by atoms with Gasteiger partial charge in [-0.2, -0.15) is 5.06 Å². The van der Waals surface area contributed by atoms with Crippen molar-refractivity contribution in [2.24, 2.45) is 0 Å². The van der Waals surface area contributed by atoms with Gasteiger partial charge in [-0.15, -0.1) is 11.5 Å². The fraction of sp³-hybridized carbons (Fsp3) is 0.500. The van der Waals surface area contributed by atoms with E-state index in [-0.39, 0.29) is 6.61 Å². The van der Waals surface area contributed by atoms with Crippen LogP contribution in [0.15, 0.2) is 30.3 Å². The van der Waals surface area contributed by atoms with Gasteiger partial charge in [-0.05, 0) is 24.8 Å². The molecular formula is C20H28N2O4Si. The molecule has 3 amide bonds. The Morgan fingerprint density at radius 1 is 1.19 bits per heavy atom. The zero-order chi connectivity index (χ0) is 20.0. The summed E-state index contributed by atoms with van der Waals surface area (Å²) in [7, 11) is -1.42. The van der Waals surface area contributed by atoms with E-state index in [0.29, 0.717) is 30.7 Å². The number of urea groups is 1. The van der Waals surface area contributed by atoms with Gasteiger partial charge in [0.05, 0.1) is 12.6 Å². The number of aliphatic hydroxyl groups excluding tert-OH is 1. The molecule has 0 aromatic heterocycles. The number of nitrogens with zero attached hydrogens (tertiary/aromatic N) is 2. The van der Waals surface area contributed by atoms with Gasteiger partial charge in [-0.1, -0.05) is 50.0 Å². The van der Waals surface area contributed by atoms with Crippen molar-refractivity contribution in [1.82, 2.24) is 9.96 Å². The van der Waals surface area contributed by atoms with Crippen molar-refractivity contribution in [1.29, 1.82) is 0 Å². The van der Waals surface area contributed by atoms with Crippen molar-refractivity contribution in [2.45, 2.75) is 57.4 Å². The van der Waals surface area contributed by atoms with Crippen molar-refractivity contribution in [2.75, 3.05) is 6.61 Å². The molecule has 1 aliphatic rings. The molecule has 1 fully saturated rings. The molecule has 2 rings (SSSR count). The SMILES string of the molecule is C[Si](C)(C)C#CCCC[C@@H]1C(=O)N([C@H](CO)Cc2ccccc2)C(=O)N1O. The molecule has 2 N–H and O–H groups in total. The molecule has 0 radical (unpaired) electrons. The van der Waals surface area contributed by atoms with Gasteiger partial charge in [0.1, 0.15) is 14.1 Å². The summed E-state index contributed by atoms with van der Waals surface area (Å²) in [4.78, 5) is 26.1. The number of aliphatic hydroxyl groups is 1. The molecule has 146 valence electrons. The third-order valence-electron chi connectivity index (χ3n) is 4.35. The number of hydrogen-bond acceptors (Lipinski definition) is 4. The lowest BCUT2D eigenvalue weighted by Crippen LogP contribution is -2.44. The summed E-state index contributed by atoms with van der Waals surface area (Å²) in [5, 5.41) is 20.3. The lowest BCUT2D eigenvalue weighted by molar-refractivity contribution is -0.135. The van der Waals surface area contributed by atoms with E-state index in [4.69, 9.17) is 0 Å². The van der Waals surface area contributed by atoms with E-state index in [2.05, 4.69) is 31.1 Å². The number of unbranched alkanes of at least 4 members (excludes halogenated alkanes) is 1. The topological polar surface area (TPSA) is 81.1 Å². The van der Waals surface area contributed by atoms with E-state index >= 15 is 0 Å². The van der Waals surface area contributed by atoms with Gasteiger partial charge in [0.15, 0.2) is 0 Å². The number of imide groups is 1. The van der Waals surface area contributed by atoms with Crippen LogP contribution in [-0.2, 0) is 11.2 Å². The van der Waals surface area contributed by atoms with Crippen molar-refractivity contribution in [3.63, 3.8) is 0 Å². The Labute approximate surface area is 161 Å². The first kappa shape index (κ1) is 21.2. The van der Waals surface area contributed by atoms with Crippen LogP contribution >= 0.6 is 0 Å². The van der Waals surface area contributed by atoms with E-state index in [0.717, 1.165) is 10.5 Å². The largest absolute Gasteiger partial charge is 0.394 e. The molecule has 6 nitrogen and oxygen atoms in total. The number of benzene rings is 1. The van der Waals surface area contributed by atoms with Gasteiger partial charge in [-0.3, -0.25) is 14.9 Å². The number of carbonyl (C=O) groups is 2. The van der Waals surface area contributed by atoms with Crippen LogP contribution in [0.3, 0.4) is 0 Å². The van der Waals surface area contributed by atoms with Crippen LogP contribution in [0.4, 0.5) is 4.79 Å². The first-order valence-electron chi connectivity index (χ1n) is 9.24. The molecule has 0 bridgehead atoms. The number of carbonyl (C=O) groups excluding carboxylic acids is 2. The number of hydrogen-bond donors (Lipinski definition) is 2. The highest BCUT2D eigenvalue weighted by molar-refractivity contribution is 6.83. The standard InChI is InChI=1S/C20H28N2O4Si/c1-27(2,3)13-9-5-8-12-18-19(24)21(20(25)22(18)26)17(15-23)14-16-10-6-4-7-11-16/h4,6-7,10-11,17-18,23,26H,5,8,12,14-15H2,1-3H3/t17-,18+/m0/s1. The molecule has 0 spiro atoms. The molecule has 1 aromatic carbocycles. The molecule has 27 heavy (non-hydrogen) atoms. The molecule has 1 heterocycles. The average Bonchev–Trinajstić information content (AvgIpc) is 2.83. The van der Waals surface area contributed by atoms with Crippen LogP contribution in [0.25, 0.3) is 0 Å². The maximum atomic E-state index is 12.7. The molecule has 1 aromatic rings. The molecule has 0 saturated carbocycles. The summed E-state index contributed by atoms with van der Waals surface area (Å²) >= 11 is 0. The molecule has 1 aliphatic heterocycles. The van der Waals surface area contributed by atoms with Crippen LogP contribution in [0.1, 0.15) is 24.8 Å². The Hall–Kier alpha value is -2.14. The van der Waals surface area contributed by atoms with Crippen molar-refractivity contribution < 1.29 is 19.9 Å². The maximum absolute atomic E-state index is 12.7. The van der Waals surface area contributed by atoms with E-state index in [1.54, 1.807) is 0 Å². The third-order valence-corrected chi connectivity index (χ3v) is 5.28. The van der Waals surface area contributed by atoms with E-state index in [9.17, 15) is 19.9 Å². The van der Waals surface area contributed by atoms with Gasteiger partial charge < -0.3 is 5.11 Å². The van der Waals surface area contributed by atoms with Gasteiger partial charge >= 0.3 is 6.03 Å². The maximum Gasteiger partial charge on any atom is 0.351 e. The molecule has 0 aliphatic carbocycles. The fourth-order valence-electron chi connectivity index (χ4n) is 3.02. The van der Waals surface area contributed by atoms with Gasteiger partial charge in [0.2, 0.25) is 0 Å². The Kier molecular flexibility index (Phi) is 7.19. The monoisotopic (exact) mass is 388 g/mol. The highest BCUT2D eigenvalue weighted by Gasteiger charge is 2.47. The zero-order valence-electron chi connectivity index (χ0n) is 16.2. The molecule has 7 heteroatoms. The van der Waals surface area contributed by atoms with Crippen LogP contribution < -0.4 is 0 Å². The summed E-state index contributed by atoms with van der Waals surface area (Å²) in [6.45, 7) is 6.13. The average molecular weight is 389 g/mol. The predicted molar refractivity (Wildman–Crippen MR) is 106 cm³/mol. The minimum absolute atomic E-state index is 0.344. The van der Waals surface area contributed by atoms with E-state index < -0.39 is 32.1 Å². The molecule has 0 unspecified atom stereocenters. The third kappa shape index (κ3) is 5.66. The van der Waals surface area contributed by atoms with Crippen LogP contribution in [-0.4, -0.2) is 59.0 Å². The summed E-state index contributed by atoms with van der Waals surface area (Å²) in [6.07, 6.45) is 1.94. The highest BCUT2D eigenvalue weighted by Crippen LogP contribution is 2.24. The van der Waals surface area contributed by atoms with E-state index in [1.165, 1.54) is 0 Å². The lowest BCUT2D eigenvalue weighted by Gasteiger charge is -2.23. The minimum atomic E-state index is -1.42. The van der Waals surface area contributed by atoms with Crippen LogP contribution in [0.5, 0.6) is 0 Å². The summed E-state index contributed by atoms with van der Waals surface area (Å²) in [5.41, 5.74) is 4.17. The minimum Gasteiger partial charge on any atom is -0.394 e. The normalized spacial score (nSPS) is 18.5. The molecule has 1 saturated heterocycles. The quantitative estimate of drug-likeness (QED) is 0.247. The van der Waals surface area contributed by atoms with Crippen molar-refractivity contribution in [3.05, 3.63) is 35.9 Å². The summed E-state index contributed by atoms with van der Waals surface area (Å²) in [6, 6.07) is 6.97. The summed E-state index contributed by atoms with van der Waals surface area (Å²) in [5.74, 6) is 2.67. The number of hydroxylamine groups is 2. The fourth-order valence-corrected chi connectivity index (χ4v) is 3.68. The molecular weight excluding hydrogens is 360 g/mol. The van der Waals surface area contributed by atoms with Crippen LogP contribution in [0.2, 0.25) is 19.6 Å². The first-order chi connectivity index (χ1) is 12.7. The van der Waals surface area contributed by atoms with Crippen molar-refractivity contribution in [3.8, 4) is 11.5 Å². The predicted octanol–water partition coefficient (Wildman–Crippen LogP) is 2.66. The van der Waals surface area contributed by atoms with Gasteiger partial charge in [0, 0.05) is 6.42 Å². The smallest absolute Gasteiger partial charge is 0.351 e. The summed E-state index contributed by atoms with van der Waals surface area (Å²) < 4.78 is 0. The van der Waals surface area contributed by atoms with Crippen LogP contribution in [0, 0.1) is 11.5 Å². The van der Waals surface area contributed by atoms with Gasteiger partial charge in [0.25, 0.3) is 5.91 Å². The zero-order valence-corrected chi connectivity index (χ0v) is 17.2. The Morgan fingerprint density at radius 3 is 2.44 bits per heavy atom. The second kappa shape index (κ2) is 9.18. The second-order valence-corrected chi connectivity index (χ2v) is 12.6. The number of amides is 3. The Morgan fingerprint density at radius 2 is 1.85 bits per heavy atom. The molecule has 2 atom stereocenters. The Balaban J connectivity index is 2.01. The van der Waals surface area contributed by atoms with Gasteiger partial charge in [-0.25, -0.2) is 4.79 Å². The highest BCUT2D eigenvalue weighted by atomic mass is 28.3.